The fraction of sp³-hybridized carbons (Fsp3) is 0.294. The van der Waals surface area contributed by atoms with Crippen LogP contribution in [0.4, 0.5) is 0 Å². The molecule has 0 N–H and O–H groups in total. The lowest BCUT2D eigenvalue weighted by molar-refractivity contribution is 0.0734. The van der Waals surface area contributed by atoms with Crippen molar-refractivity contribution in [3.63, 3.8) is 0 Å². The van der Waals surface area contributed by atoms with E-state index in [0.717, 1.165) is 37.2 Å². The van der Waals surface area contributed by atoms with E-state index >= 15 is 0 Å². The van der Waals surface area contributed by atoms with Crippen LogP contribution in [0, 0.1) is 0 Å². The van der Waals surface area contributed by atoms with Gasteiger partial charge in [-0.3, -0.25) is 0 Å². The summed E-state index contributed by atoms with van der Waals surface area (Å²) in [6.07, 6.45) is 6.84. The second-order valence-electron chi connectivity index (χ2n) is 10.3. The van der Waals surface area contributed by atoms with Crippen LogP contribution < -0.4 is 9.47 Å². The highest BCUT2D eigenvalue weighted by molar-refractivity contribution is 7.99. The Bertz CT molecular complexity index is 1600. The Morgan fingerprint density at radius 1 is 0.609 bits per heavy atom. The molecule has 0 bridgehead atoms. The number of nitrogens with zero attached hydrogens (tertiary/aromatic N) is 4. The molecule has 0 spiro atoms. The Balaban J connectivity index is 1.14. The molecule has 0 fully saturated rings. The number of benzene rings is 3. The van der Waals surface area contributed by atoms with Crippen LogP contribution in [0.2, 0.25) is 0 Å². The summed E-state index contributed by atoms with van der Waals surface area (Å²) in [4.78, 5) is 25.7. The van der Waals surface area contributed by atoms with Crippen molar-refractivity contribution in [1.82, 2.24) is 20.4 Å². The molecule has 2 heterocycles. The van der Waals surface area contributed by atoms with Crippen LogP contribution in [0.3, 0.4) is 0 Å². The van der Waals surface area contributed by atoms with Crippen molar-refractivity contribution < 1.29 is 27.9 Å². The summed E-state index contributed by atoms with van der Waals surface area (Å²) >= 11 is 3.08. The number of esters is 2. The zero-order chi connectivity index (χ0) is 32.1. The molecule has 3 aromatic carbocycles. The minimum Gasteiger partial charge on any atom is -0.423 e. The van der Waals surface area contributed by atoms with E-state index in [1.807, 2.05) is 0 Å². The van der Waals surface area contributed by atoms with Gasteiger partial charge in [0.15, 0.2) is 0 Å². The fourth-order valence-electron chi connectivity index (χ4n) is 4.23. The normalized spacial score (nSPS) is 11.0. The molecule has 0 saturated heterocycles. The lowest BCUT2D eigenvalue weighted by Gasteiger charge is -2.07. The van der Waals surface area contributed by atoms with E-state index in [0.29, 0.717) is 44.9 Å². The van der Waals surface area contributed by atoms with Gasteiger partial charge in [0.2, 0.25) is 11.8 Å². The van der Waals surface area contributed by atoms with Gasteiger partial charge in [-0.1, -0.05) is 69.1 Å². The summed E-state index contributed by atoms with van der Waals surface area (Å²) in [5, 5.41) is 17.5. The first-order valence-corrected chi connectivity index (χ1v) is 17.2. The van der Waals surface area contributed by atoms with Crippen LogP contribution >= 0.6 is 23.5 Å². The number of ether oxygens (including phenoxy) is 2. The van der Waals surface area contributed by atoms with E-state index in [1.165, 1.54) is 18.9 Å². The van der Waals surface area contributed by atoms with Gasteiger partial charge in [0.25, 0.3) is 10.4 Å². The third-order valence-corrected chi connectivity index (χ3v) is 8.53. The summed E-state index contributed by atoms with van der Waals surface area (Å²) < 4.78 is 22.5. The number of hydrogen-bond acceptors (Lipinski definition) is 12. The zero-order valence-electron chi connectivity index (χ0n) is 25.6. The van der Waals surface area contributed by atoms with E-state index < -0.39 is 11.9 Å². The lowest BCUT2D eigenvalue weighted by Crippen LogP contribution is -2.12. The molecule has 0 aliphatic carbocycles. The van der Waals surface area contributed by atoms with Gasteiger partial charge in [0.05, 0.1) is 11.1 Å². The van der Waals surface area contributed by atoms with Crippen LogP contribution in [0.15, 0.2) is 92.1 Å². The second kappa shape index (κ2) is 16.8. The molecular formula is C34H34N4O6S2. The molecule has 12 heteroatoms. The Hall–Kier alpha value is -4.42. The van der Waals surface area contributed by atoms with Crippen LogP contribution in [-0.2, 0) is 0 Å². The molecule has 0 aliphatic rings. The Morgan fingerprint density at radius 2 is 1.04 bits per heavy atom. The molecule has 0 saturated carbocycles. The van der Waals surface area contributed by atoms with Crippen molar-refractivity contribution in [2.45, 2.75) is 62.8 Å². The maximum atomic E-state index is 12.9. The van der Waals surface area contributed by atoms with Crippen molar-refractivity contribution in [2.75, 3.05) is 11.5 Å². The minimum absolute atomic E-state index is 0.204. The van der Waals surface area contributed by atoms with Gasteiger partial charge < -0.3 is 18.3 Å². The number of aromatic nitrogens is 4. The number of thioether (sulfide) groups is 2. The summed E-state index contributed by atoms with van der Waals surface area (Å²) in [5.41, 5.74) is 1.83. The molecule has 0 amide bonds. The summed E-state index contributed by atoms with van der Waals surface area (Å²) in [6.45, 7) is 4.32. The van der Waals surface area contributed by atoms with Crippen LogP contribution in [0.5, 0.6) is 11.5 Å². The Kier molecular flexibility index (Phi) is 12.0. The monoisotopic (exact) mass is 658 g/mol. The van der Waals surface area contributed by atoms with Gasteiger partial charge in [-0.05, 0) is 79.6 Å². The van der Waals surface area contributed by atoms with Gasteiger partial charge in [-0.15, -0.1) is 20.4 Å². The van der Waals surface area contributed by atoms with Gasteiger partial charge in [0, 0.05) is 22.6 Å². The topological polar surface area (TPSA) is 130 Å². The largest absolute Gasteiger partial charge is 0.423 e. The first-order valence-electron chi connectivity index (χ1n) is 15.2. The first-order chi connectivity index (χ1) is 22.5. The van der Waals surface area contributed by atoms with Crippen molar-refractivity contribution in [3.05, 3.63) is 83.9 Å². The van der Waals surface area contributed by atoms with E-state index in [4.69, 9.17) is 18.3 Å². The number of carbonyl (C=O) groups is 2. The highest BCUT2D eigenvalue weighted by Crippen LogP contribution is 2.27. The van der Waals surface area contributed by atoms with Crippen molar-refractivity contribution >= 4 is 35.5 Å². The predicted octanol–water partition coefficient (Wildman–Crippen LogP) is 8.79. The molecule has 10 nitrogen and oxygen atoms in total. The Morgan fingerprint density at radius 3 is 1.46 bits per heavy atom. The highest BCUT2D eigenvalue weighted by atomic mass is 32.2. The average molecular weight is 659 g/mol. The third-order valence-electron chi connectivity index (χ3n) is 6.72. The molecule has 0 unspecified atom stereocenters. The SMILES string of the molecule is CCCCCSc1nnc(-c2ccc(OC(=O)c3cccc(C(=O)Oc4ccc(-c5nnc(SCCCCC)o5)cc4)c3)cc2)o1. The molecule has 5 rings (SSSR count). The molecular weight excluding hydrogens is 625 g/mol. The number of rotatable bonds is 16. The van der Waals surface area contributed by atoms with Gasteiger partial charge in [-0.25, -0.2) is 9.59 Å². The average Bonchev–Trinajstić information content (AvgIpc) is 3.76. The molecule has 5 aromatic rings. The van der Waals surface area contributed by atoms with Crippen molar-refractivity contribution in [2.24, 2.45) is 0 Å². The lowest BCUT2D eigenvalue weighted by atomic mass is 10.1. The number of unbranched alkanes of at least 4 members (excludes halogenated alkanes) is 4. The molecule has 0 radical (unpaired) electrons. The standard InChI is InChI=1S/C34H34N4O6S2/c1-3-5-7-20-45-33-37-35-29(43-33)23-12-16-27(17-13-23)41-31(39)25-10-9-11-26(22-25)32(40)42-28-18-14-24(15-19-28)30-36-38-34(44-30)46-21-8-6-4-2/h9-19,22H,3-8,20-21H2,1-2H3. The van der Waals surface area contributed by atoms with Crippen molar-refractivity contribution in [3.8, 4) is 34.4 Å². The van der Waals surface area contributed by atoms with Crippen LogP contribution in [0.1, 0.15) is 73.1 Å². The fourth-order valence-corrected chi connectivity index (χ4v) is 5.75. The molecule has 0 aliphatic heterocycles. The van der Waals surface area contributed by atoms with E-state index in [-0.39, 0.29) is 11.1 Å². The second-order valence-corrected chi connectivity index (χ2v) is 12.4. The third kappa shape index (κ3) is 9.30. The summed E-state index contributed by atoms with van der Waals surface area (Å²) in [5.74, 6) is 2.09. The first kappa shape index (κ1) is 33.0. The molecule has 0 atom stereocenters. The van der Waals surface area contributed by atoms with Crippen molar-refractivity contribution in [1.29, 1.82) is 0 Å². The maximum Gasteiger partial charge on any atom is 0.343 e. The Labute approximate surface area is 275 Å². The predicted molar refractivity (Wildman–Crippen MR) is 176 cm³/mol. The summed E-state index contributed by atoms with van der Waals surface area (Å²) in [7, 11) is 0. The minimum atomic E-state index is -0.613. The molecule has 46 heavy (non-hydrogen) atoms. The highest BCUT2D eigenvalue weighted by Gasteiger charge is 2.16. The van der Waals surface area contributed by atoms with Gasteiger partial charge in [-0.2, -0.15) is 0 Å². The number of carbonyl (C=O) groups excluding carboxylic acids is 2. The van der Waals surface area contributed by atoms with E-state index in [9.17, 15) is 9.59 Å². The van der Waals surface area contributed by atoms with Crippen LogP contribution in [-0.4, -0.2) is 43.8 Å². The van der Waals surface area contributed by atoms with Crippen LogP contribution in [0.25, 0.3) is 22.9 Å². The maximum absolute atomic E-state index is 12.9. The molecule has 238 valence electrons. The van der Waals surface area contributed by atoms with E-state index in [1.54, 1.807) is 90.3 Å². The van der Waals surface area contributed by atoms with Gasteiger partial charge in [0.1, 0.15) is 11.5 Å². The van der Waals surface area contributed by atoms with Gasteiger partial charge >= 0.3 is 11.9 Å². The molecule has 2 aromatic heterocycles. The quantitative estimate of drug-likeness (QED) is 0.0434. The van der Waals surface area contributed by atoms with E-state index in [2.05, 4.69) is 34.2 Å². The summed E-state index contributed by atoms with van der Waals surface area (Å²) in [6, 6.07) is 19.7. The smallest absolute Gasteiger partial charge is 0.343 e. The zero-order valence-corrected chi connectivity index (χ0v) is 27.3. The number of hydrogen-bond donors (Lipinski definition) is 0.